The van der Waals surface area contributed by atoms with Crippen LogP contribution in [0.3, 0.4) is 0 Å². The Hall–Kier alpha value is -1.79. The fraction of sp³-hybridized carbons (Fsp3) is 0.632. The Balaban J connectivity index is 2.03. The van der Waals surface area contributed by atoms with Crippen LogP contribution < -0.4 is 5.71 Å². The van der Waals surface area contributed by atoms with Crippen molar-refractivity contribution in [1.82, 2.24) is 0 Å². The van der Waals surface area contributed by atoms with E-state index in [-0.39, 0.29) is 33.7 Å². The zero-order chi connectivity index (χ0) is 32.7. The molecule has 240 valence electrons. The molecule has 0 amide bonds. The van der Waals surface area contributed by atoms with Gasteiger partial charge < -0.3 is 0 Å². The molecule has 2 aromatic rings. The van der Waals surface area contributed by atoms with Crippen LogP contribution in [0.25, 0.3) is 0 Å². The molecule has 5 nitrogen and oxygen atoms in total. The molecule has 0 saturated heterocycles. The van der Waals surface area contributed by atoms with Crippen molar-refractivity contribution in [3.8, 4) is 11.5 Å². The number of nitrogens with zero attached hydrogens (tertiary/aromatic N) is 2. The fourth-order valence-electron chi connectivity index (χ4n) is 5.95. The first-order chi connectivity index (χ1) is 20.3. The van der Waals surface area contributed by atoms with Crippen molar-refractivity contribution in [3.05, 3.63) is 57.6 Å². The van der Waals surface area contributed by atoms with Crippen molar-refractivity contribution >= 4 is 35.2 Å². The Labute approximate surface area is 277 Å². The molecule has 1 saturated carbocycles. The van der Waals surface area contributed by atoms with E-state index in [1.807, 2.05) is 6.92 Å². The van der Waals surface area contributed by atoms with Crippen LogP contribution in [0, 0.1) is 0 Å². The number of fused-ring (bicyclic) bond motifs is 3. The van der Waals surface area contributed by atoms with Crippen molar-refractivity contribution in [2.24, 2.45) is 9.98 Å². The minimum atomic E-state index is -3.66. The second-order valence-electron chi connectivity index (χ2n) is 16.8. The predicted molar refractivity (Wildman–Crippen MR) is 188 cm³/mol. The van der Waals surface area contributed by atoms with Crippen LogP contribution in [0.1, 0.15) is 149 Å². The maximum absolute atomic E-state index is 7.06. The van der Waals surface area contributed by atoms with Crippen LogP contribution in [-0.4, -0.2) is 53.9 Å². The van der Waals surface area contributed by atoms with Gasteiger partial charge in [-0.1, -0.05) is 0 Å². The van der Waals surface area contributed by atoms with Crippen molar-refractivity contribution in [2.45, 2.75) is 149 Å². The predicted octanol–water partition coefficient (Wildman–Crippen LogP) is 9.52. The first kappa shape index (κ1) is 35.1. The second kappa shape index (κ2) is 13.1. The van der Waals surface area contributed by atoms with Gasteiger partial charge in [0.1, 0.15) is 0 Å². The summed E-state index contributed by atoms with van der Waals surface area (Å²) in [5.41, 5.74) is 6.57. The van der Waals surface area contributed by atoms with Crippen LogP contribution in [0.2, 0.25) is 0 Å². The zero-order valence-corrected chi connectivity index (χ0v) is 33.1. The summed E-state index contributed by atoms with van der Waals surface area (Å²) < 4.78 is 20.6. The van der Waals surface area contributed by atoms with E-state index in [4.69, 9.17) is 18.5 Å². The molecule has 0 bridgehead atoms. The zero-order valence-electron chi connectivity index (χ0n) is 29.9. The van der Waals surface area contributed by atoms with E-state index < -0.39 is 22.7 Å². The molecule has 2 atom stereocenters. The summed E-state index contributed by atoms with van der Waals surface area (Å²) in [5.74, 6) is 1.72. The molecular weight excluding hydrogens is 647 g/mol. The summed E-state index contributed by atoms with van der Waals surface area (Å²) >= 11 is -3.66. The van der Waals surface area contributed by atoms with Gasteiger partial charge in [0.25, 0.3) is 0 Å². The molecule has 0 unspecified atom stereocenters. The Morgan fingerprint density at radius 1 is 0.636 bits per heavy atom. The number of benzene rings is 2. The minimum absolute atomic E-state index is 0.0217. The molecule has 4 rings (SSSR count). The van der Waals surface area contributed by atoms with Crippen molar-refractivity contribution in [3.63, 3.8) is 0 Å². The number of hydrogen-bond acceptors (Lipinski definition) is 5. The van der Waals surface area contributed by atoms with Gasteiger partial charge in [0.05, 0.1) is 0 Å². The summed E-state index contributed by atoms with van der Waals surface area (Å²) in [5, 5.41) is 0. The van der Waals surface area contributed by atoms with Gasteiger partial charge in [0, 0.05) is 0 Å². The van der Waals surface area contributed by atoms with Gasteiger partial charge in [0.2, 0.25) is 0 Å². The molecule has 0 aromatic heterocycles. The number of hydrogen-bond donors (Lipinski definition) is 0. The number of rotatable bonds is 2. The normalized spacial score (nSPS) is 19.9. The van der Waals surface area contributed by atoms with Gasteiger partial charge in [-0.15, -0.1) is 0 Å². The van der Waals surface area contributed by atoms with E-state index >= 15 is 0 Å². The van der Waals surface area contributed by atoms with Crippen LogP contribution in [0.5, 0.6) is 11.5 Å². The van der Waals surface area contributed by atoms with Crippen molar-refractivity contribution < 1.29 is 8.56 Å². The molecular formula is C38H57InN2O3. The molecule has 1 aliphatic carbocycles. The SMILES string of the molecule is CC[O][In]1[O]c2c(cc(C(C)(C)C)cc2C(C)(C)C)C=N[C@H]2CCCC[C@@H]2N=Cc2cc(C(C)(C)C)cc(C(C)(C)C)c2[O]1. The Morgan fingerprint density at radius 3 is 1.34 bits per heavy atom. The molecule has 0 radical (unpaired) electrons. The van der Waals surface area contributed by atoms with E-state index in [0.29, 0.717) is 6.61 Å². The molecule has 2 aromatic carbocycles. The second-order valence-corrected chi connectivity index (χ2v) is 20.8. The third-order valence-electron chi connectivity index (χ3n) is 8.82. The quantitative estimate of drug-likeness (QED) is 0.313. The number of aliphatic imine (C=N–C) groups is 2. The van der Waals surface area contributed by atoms with Gasteiger partial charge in [-0.2, -0.15) is 0 Å². The fourth-order valence-corrected chi connectivity index (χ4v) is 9.85. The summed E-state index contributed by atoms with van der Waals surface area (Å²) in [4.78, 5) is 10.5. The molecule has 1 fully saturated rings. The first-order valence-corrected chi connectivity index (χ1v) is 20.7. The molecule has 1 heterocycles. The van der Waals surface area contributed by atoms with E-state index in [1.54, 1.807) is 0 Å². The van der Waals surface area contributed by atoms with Crippen LogP contribution in [0.4, 0.5) is 0 Å². The van der Waals surface area contributed by atoms with Gasteiger partial charge in [-0.05, 0) is 0 Å². The molecule has 0 spiro atoms. The molecule has 0 N–H and O–H groups in total. The first-order valence-electron chi connectivity index (χ1n) is 16.7. The average Bonchev–Trinajstić information content (AvgIpc) is 2.90. The van der Waals surface area contributed by atoms with E-state index in [2.05, 4.69) is 120 Å². The third-order valence-corrected chi connectivity index (χ3v) is 13.0. The van der Waals surface area contributed by atoms with Crippen LogP contribution >= 0.6 is 0 Å². The van der Waals surface area contributed by atoms with Crippen LogP contribution in [0.15, 0.2) is 34.3 Å². The molecule has 2 aliphatic rings. The summed E-state index contributed by atoms with van der Waals surface area (Å²) in [6, 6.07) is 9.47. The third kappa shape index (κ3) is 8.32. The Bertz CT molecular complexity index is 1280. The summed E-state index contributed by atoms with van der Waals surface area (Å²) in [6.07, 6.45) is 8.57. The average molecular weight is 705 g/mol. The topological polar surface area (TPSA) is 52.4 Å². The molecule has 44 heavy (non-hydrogen) atoms. The molecule has 1 aliphatic heterocycles. The van der Waals surface area contributed by atoms with Gasteiger partial charge in [-0.3, -0.25) is 0 Å². The standard InChI is InChI=1S/C36H54N2O2.C2H5O.In/c1-33(2,3)25-17-23(31(39)27(19-25)35(7,8)9)21-37-29-15-13-14-16-30(29)38-22-24-18-26(34(4,5)6)20-28(32(24)40)36(10,11)12;1-2-3;/h17-22,29-30,39-40H,13-16H2,1-12H3;2H2,1H3;/q;-1;+3/p-2/t29-,30-;;/m0../s1. The Morgan fingerprint density at radius 2 is 1.02 bits per heavy atom. The van der Waals surface area contributed by atoms with Crippen molar-refractivity contribution in [2.75, 3.05) is 6.61 Å². The van der Waals surface area contributed by atoms with Gasteiger partial charge in [-0.25, -0.2) is 0 Å². The molecule has 6 heteroatoms. The Kier molecular flexibility index (Phi) is 10.5. The van der Waals surface area contributed by atoms with Crippen molar-refractivity contribution in [1.29, 1.82) is 0 Å². The van der Waals surface area contributed by atoms with E-state index in [1.165, 1.54) is 35.1 Å². The monoisotopic (exact) mass is 704 g/mol. The van der Waals surface area contributed by atoms with Gasteiger partial charge >= 0.3 is 279 Å². The van der Waals surface area contributed by atoms with Gasteiger partial charge in [0.15, 0.2) is 0 Å². The summed E-state index contributed by atoms with van der Waals surface area (Å²) in [6.45, 7) is 29.7. The maximum atomic E-state index is 7.06. The van der Waals surface area contributed by atoms with Crippen LogP contribution in [-0.2, 0) is 24.5 Å². The van der Waals surface area contributed by atoms with E-state index in [9.17, 15) is 0 Å². The van der Waals surface area contributed by atoms with E-state index in [0.717, 1.165) is 35.5 Å². The summed E-state index contributed by atoms with van der Waals surface area (Å²) in [7, 11) is 0.